The smallest absolute Gasteiger partial charge is 0.306 e. The van der Waals surface area contributed by atoms with Gasteiger partial charge in [0.1, 0.15) is 5.82 Å². The first kappa shape index (κ1) is 12.9. The summed E-state index contributed by atoms with van der Waals surface area (Å²) in [5.74, 6) is 0.0460. The van der Waals surface area contributed by atoms with Crippen molar-refractivity contribution in [3.63, 3.8) is 0 Å². The molecule has 4 heteroatoms. The Bertz CT molecular complexity index is 641. The number of pyridine rings is 1. The Morgan fingerprint density at radius 2 is 2.10 bits per heavy atom. The zero-order valence-electron chi connectivity index (χ0n) is 11.5. The van der Waals surface area contributed by atoms with E-state index in [-0.39, 0.29) is 12.0 Å². The molecule has 0 saturated carbocycles. The number of carbonyl (C=O) groups is 1. The summed E-state index contributed by atoms with van der Waals surface area (Å²) < 4.78 is 0. The maximum atomic E-state index is 11.1. The molecule has 2 aromatic rings. The molecule has 3 rings (SSSR count). The first-order chi connectivity index (χ1) is 9.65. The van der Waals surface area contributed by atoms with Gasteiger partial charge in [-0.2, -0.15) is 0 Å². The van der Waals surface area contributed by atoms with E-state index in [1.807, 2.05) is 30.3 Å². The summed E-state index contributed by atoms with van der Waals surface area (Å²) in [4.78, 5) is 18.0. The predicted molar refractivity (Wildman–Crippen MR) is 78.9 cm³/mol. The highest BCUT2D eigenvalue weighted by Crippen LogP contribution is 2.28. The van der Waals surface area contributed by atoms with E-state index in [4.69, 9.17) is 10.1 Å². The minimum absolute atomic E-state index is 0.207. The molecular formula is C16H18N2O2. The van der Waals surface area contributed by atoms with Crippen molar-refractivity contribution in [1.82, 2.24) is 4.98 Å². The van der Waals surface area contributed by atoms with E-state index in [1.165, 1.54) is 0 Å². The van der Waals surface area contributed by atoms with Gasteiger partial charge in [-0.15, -0.1) is 0 Å². The largest absolute Gasteiger partial charge is 0.481 e. The lowest BCUT2D eigenvalue weighted by Crippen LogP contribution is -2.43. The number of aromatic nitrogens is 1. The fraction of sp³-hybridized carbons (Fsp3) is 0.375. The van der Waals surface area contributed by atoms with Crippen LogP contribution >= 0.6 is 0 Å². The van der Waals surface area contributed by atoms with Crippen molar-refractivity contribution >= 4 is 22.7 Å². The number of anilines is 1. The molecular weight excluding hydrogens is 252 g/mol. The lowest BCUT2D eigenvalue weighted by atomic mass is 9.92. The van der Waals surface area contributed by atoms with Crippen molar-refractivity contribution in [2.45, 2.75) is 25.8 Å². The SMILES string of the molecule is CC1CC(C(=O)O)CCN1c1ccc2ccccc2n1. The number of fused-ring (bicyclic) bond motifs is 1. The van der Waals surface area contributed by atoms with E-state index in [9.17, 15) is 4.79 Å². The molecule has 0 bridgehead atoms. The molecule has 0 radical (unpaired) electrons. The highest BCUT2D eigenvalue weighted by molar-refractivity contribution is 5.80. The Balaban J connectivity index is 1.86. The molecule has 2 unspecified atom stereocenters. The van der Waals surface area contributed by atoms with E-state index in [0.29, 0.717) is 12.8 Å². The number of aliphatic carboxylic acids is 1. The second-order valence-corrected chi connectivity index (χ2v) is 5.46. The van der Waals surface area contributed by atoms with Gasteiger partial charge in [-0.1, -0.05) is 18.2 Å². The Labute approximate surface area is 118 Å². The van der Waals surface area contributed by atoms with Gasteiger partial charge >= 0.3 is 5.97 Å². The van der Waals surface area contributed by atoms with Crippen LogP contribution in [-0.4, -0.2) is 28.6 Å². The van der Waals surface area contributed by atoms with Crippen LogP contribution in [0.1, 0.15) is 19.8 Å². The third kappa shape index (κ3) is 2.33. The molecule has 20 heavy (non-hydrogen) atoms. The minimum Gasteiger partial charge on any atom is -0.481 e. The summed E-state index contributed by atoms with van der Waals surface area (Å²) in [5, 5.41) is 10.2. The van der Waals surface area contributed by atoms with Crippen LogP contribution in [0.3, 0.4) is 0 Å². The summed E-state index contributed by atoms with van der Waals surface area (Å²) in [6.07, 6.45) is 1.37. The first-order valence-electron chi connectivity index (χ1n) is 7.00. The third-order valence-corrected chi connectivity index (χ3v) is 4.10. The summed E-state index contributed by atoms with van der Waals surface area (Å²) in [6, 6.07) is 12.4. The molecule has 1 aromatic carbocycles. The third-order valence-electron chi connectivity index (χ3n) is 4.10. The highest BCUT2D eigenvalue weighted by atomic mass is 16.4. The Kier molecular flexibility index (Phi) is 3.30. The molecule has 4 nitrogen and oxygen atoms in total. The number of piperidine rings is 1. The van der Waals surface area contributed by atoms with Crippen molar-refractivity contribution in [2.75, 3.05) is 11.4 Å². The average molecular weight is 270 g/mol. The molecule has 0 aliphatic carbocycles. The van der Waals surface area contributed by atoms with E-state index in [2.05, 4.69) is 17.9 Å². The van der Waals surface area contributed by atoms with Crippen LogP contribution in [0, 0.1) is 5.92 Å². The van der Waals surface area contributed by atoms with E-state index < -0.39 is 5.97 Å². The molecule has 2 atom stereocenters. The van der Waals surface area contributed by atoms with Crippen LogP contribution in [0.25, 0.3) is 10.9 Å². The molecule has 2 heterocycles. The molecule has 1 N–H and O–H groups in total. The van der Waals surface area contributed by atoms with Crippen LogP contribution in [-0.2, 0) is 4.79 Å². The lowest BCUT2D eigenvalue weighted by molar-refractivity contribution is -0.142. The summed E-state index contributed by atoms with van der Waals surface area (Å²) in [6.45, 7) is 2.83. The van der Waals surface area contributed by atoms with Gasteiger partial charge in [0.2, 0.25) is 0 Å². The predicted octanol–water partition coefficient (Wildman–Crippen LogP) is 2.92. The quantitative estimate of drug-likeness (QED) is 0.911. The zero-order chi connectivity index (χ0) is 14.1. The Morgan fingerprint density at radius 3 is 2.85 bits per heavy atom. The second kappa shape index (κ2) is 5.12. The van der Waals surface area contributed by atoms with E-state index in [0.717, 1.165) is 23.3 Å². The van der Waals surface area contributed by atoms with Crippen LogP contribution in [0.5, 0.6) is 0 Å². The molecule has 0 amide bonds. The molecule has 0 spiro atoms. The van der Waals surface area contributed by atoms with E-state index >= 15 is 0 Å². The monoisotopic (exact) mass is 270 g/mol. The standard InChI is InChI=1S/C16H18N2O2/c1-11-10-13(16(19)20)8-9-18(11)15-7-6-12-4-2-3-5-14(12)17-15/h2-7,11,13H,8-10H2,1H3,(H,19,20). The zero-order valence-corrected chi connectivity index (χ0v) is 11.5. The van der Waals surface area contributed by atoms with Crippen LogP contribution in [0.15, 0.2) is 36.4 Å². The van der Waals surface area contributed by atoms with E-state index in [1.54, 1.807) is 0 Å². The van der Waals surface area contributed by atoms with Gasteiger partial charge in [-0.3, -0.25) is 4.79 Å². The van der Waals surface area contributed by atoms with Gasteiger partial charge in [-0.05, 0) is 38.0 Å². The van der Waals surface area contributed by atoms with Crippen molar-refractivity contribution in [1.29, 1.82) is 0 Å². The molecule has 104 valence electrons. The van der Waals surface area contributed by atoms with Crippen molar-refractivity contribution in [3.05, 3.63) is 36.4 Å². The second-order valence-electron chi connectivity index (χ2n) is 5.46. The topological polar surface area (TPSA) is 53.4 Å². The maximum Gasteiger partial charge on any atom is 0.306 e. The Morgan fingerprint density at radius 1 is 1.30 bits per heavy atom. The summed E-state index contributed by atoms with van der Waals surface area (Å²) in [7, 11) is 0. The number of hydrogen-bond donors (Lipinski definition) is 1. The lowest BCUT2D eigenvalue weighted by Gasteiger charge is -2.37. The number of hydrogen-bond acceptors (Lipinski definition) is 3. The molecule has 1 saturated heterocycles. The first-order valence-corrected chi connectivity index (χ1v) is 7.00. The van der Waals surface area contributed by atoms with Gasteiger partial charge in [0, 0.05) is 18.0 Å². The van der Waals surface area contributed by atoms with Crippen LogP contribution < -0.4 is 4.90 Å². The molecule has 1 aliphatic heterocycles. The molecule has 1 fully saturated rings. The number of para-hydroxylation sites is 1. The molecule has 1 aliphatic rings. The van der Waals surface area contributed by atoms with Gasteiger partial charge < -0.3 is 10.0 Å². The number of carboxylic acid groups (broad SMARTS) is 1. The van der Waals surface area contributed by atoms with Crippen molar-refractivity contribution < 1.29 is 9.90 Å². The number of carboxylic acids is 1. The average Bonchev–Trinajstić information content (AvgIpc) is 2.46. The minimum atomic E-state index is -0.678. The number of nitrogens with zero attached hydrogens (tertiary/aromatic N) is 2. The van der Waals surface area contributed by atoms with Crippen molar-refractivity contribution in [2.24, 2.45) is 5.92 Å². The fourth-order valence-corrected chi connectivity index (χ4v) is 2.95. The van der Waals surface area contributed by atoms with Gasteiger partial charge in [0.25, 0.3) is 0 Å². The maximum absolute atomic E-state index is 11.1. The van der Waals surface area contributed by atoms with Gasteiger partial charge in [0.05, 0.1) is 11.4 Å². The van der Waals surface area contributed by atoms with Crippen LogP contribution in [0.2, 0.25) is 0 Å². The van der Waals surface area contributed by atoms with Gasteiger partial charge in [0.15, 0.2) is 0 Å². The highest BCUT2D eigenvalue weighted by Gasteiger charge is 2.30. The normalized spacial score (nSPS) is 22.9. The fourth-order valence-electron chi connectivity index (χ4n) is 2.95. The summed E-state index contributed by atoms with van der Waals surface area (Å²) in [5.41, 5.74) is 0.984. The summed E-state index contributed by atoms with van der Waals surface area (Å²) >= 11 is 0. The molecule has 1 aromatic heterocycles. The number of rotatable bonds is 2. The number of benzene rings is 1. The van der Waals surface area contributed by atoms with Crippen LogP contribution in [0.4, 0.5) is 5.82 Å². The van der Waals surface area contributed by atoms with Crippen molar-refractivity contribution in [3.8, 4) is 0 Å². The van der Waals surface area contributed by atoms with Gasteiger partial charge in [-0.25, -0.2) is 4.98 Å². The Hall–Kier alpha value is -2.10.